The molecule has 358 valence electrons. The summed E-state index contributed by atoms with van der Waals surface area (Å²) in [6, 6.07) is -0.700. The van der Waals surface area contributed by atoms with Crippen molar-refractivity contribution in [2.24, 2.45) is 0 Å². The van der Waals surface area contributed by atoms with Gasteiger partial charge >= 0.3 is 5.97 Å². The summed E-state index contributed by atoms with van der Waals surface area (Å²) in [4.78, 5) is 26.1. The molecular formula is C55H103NO5. The molecule has 0 saturated heterocycles. The van der Waals surface area contributed by atoms with Crippen LogP contribution in [-0.4, -0.2) is 46.9 Å². The molecule has 0 spiro atoms. The van der Waals surface area contributed by atoms with Crippen molar-refractivity contribution >= 4 is 11.9 Å². The van der Waals surface area contributed by atoms with Gasteiger partial charge in [0.2, 0.25) is 5.91 Å². The van der Waals surface area contributed by atoms with E-state index >= 15 is 0 Å². The van der Waals surface area contributed by atoms with E-state index in [0.717, 1.165) is 70.6 Å². The zero-order chi connectivity index (χ0) is 44.5. The van der Waals surface area contributed by atoms with Gasteiger partial charge in [-0.1, -0.05) is 237 Å². The third-order valence-corrected chi connectivity index (χ3v) is 12.2. The third kappa shape index (κ3) is 44.5. The monoisotopic (exact) mass is 858 g/mol. The van der Waals surface area contributed by atoms with Crippen LogP contribution in [0.3, 0.4) is 0 Å². The summed E-state index contributed by atoms with van der Waals surface area (Å²) in [5.74, 6) is -0.477. The lowest BCUT2D eigenvalue weighted by Crippen LogP contribution is -2.46. The second-order valence-corrected chi connectivity index (χ2v) is 18.3. The minimum atomic E-state index is -0.786. The highest BCUT2D eigenvalue weighted by molar-refractivity contribution is 5.77. The van der Waals surface area contributed by atoms with E-state index in [1.807, 2.05) is 0 Å². The fourth-order valence-electron chi connectivity index (χ4n) is 8.14. The molecule has 0 aromatic carbocycles. The minimum absolute atomic E-state index is 0.0761. The number of esters is 1. The fraction of sp³-hybridized carbons (Fsp3) is 0.855. The molecule has 1 amide bonds. The number of hydrogen-bond acceptors (Lipinski definition) is 5. The molecule has 0 radical (unpaired) electrons. The molecule has 3 unspecified atom stereocenters. The molecule has 0 aliphatic heterocycles. The van der Waals surface area contributed by atoms with Crippen LogP contribution >= 0.6 is 0 Å². The zero-order valence-electron chi connectivity index (χ0n) is 40.8. The van der Waals surface area contributed by atoms with Crippen LogP contribution in [-0.2, 0) is 14.3 Å². The number of carbonyl (C=O) groups excluding carboxylic acids is 2. The average Bonchev–Trinajstić information content (AvgIpc) is 3.25. The molecule has 0 bridgehead atoms. The van der Waals surface area contributed by atoms with Gasteiger partial charge in [0.15, 0.2) is 0 Å². The SMILES string of the molecule is CCCCC/C=C\C/C=C\C/C=C\CCCCCCCCC(=O)OC(CCCCCCCCCCCCCCCC)CC(=O)NC(CO)C(O)CCCCCCCCCCC. The Bertz CT molecular complexity index is 1010. The zero-order valence-corrected chi connectivity index (χ0v) is 40.8. The van der Waals surface area contributed by atoms with Gasteiger partial charge in [-0.2, -0.15) is 0 Å². The molecule has 0 aliphatic rings. The number of aliphatic hydroxyl groups is 2. The number of allylic oxidation sites excluding steroid dienone is 6. The van der Waals surface area contributed by atoms with Crippen molar-refractivity contribution in [2.45, 2.75) is 296 Å². The normalized spacial score (nSPS) is 13.5. The number of aliphatic hydroxyl groups excluding tert-OH is 2. The Morgan fingerprint density at radius 2 is 0.836 bits per heavy atom. The van der Waals surface area contributed by atoms with E-state index in [0.29, 0.717) is 19.3 Å². The highest BCUT2D eigenvalue weighted by Crippen LogP contribution is 2.18. The Morgan fingerprint density at radius 1 is 0.475 bits per heavy atom. The molecule has 0 rings (SSSR count). The maximum absolute atomic E-state index is 13.2. The first kappa shape index (κ1) is 59.1. The molecule has 0 aromatic rings. The number of amides is 1. The largest absolute Gasteiger partial charge is 0.462 e. The van der Waals surface area contributed by atoms with Crippen molar-refractivity contribution < 1.29 is 24.5 Å². The van der Waals surface area contributed by atoms with Crippen molar-refractivity contribution in [1.29, 1.82) is 0 Å². The summed E-state index contributed by atoms with van der Waals surface area (Å²) >= 11 is 0. The summed E-state index contributed by atoms with van der Waals surface area (Å²) in [6.07, 6.45) is 57.8. The van der Waals surface area contributed by atoms with E-state index in [9.17, 15) is 19.8 Å². The first-order valence-corrected chi connectivity index (χ1v) is 26.7. The van der Waals surface area contributed by atoms with Crippen LogP contribution < -0.4 is 5.32 Å². The third-order valence-electron chi connectivity index (χ3n) is 12.2. The lowest BCUT2D eigenvalue weighted by molar-refractivity contribution is -0.151. The molecule has 0 saturated carbocycles. The summed E-state index contributed by atoms with van der Waals surface area (Å²) in [5.41, 5.74) is 0. The lowest BCUT2D eigenvalue weighted by Gasteiger charge is -2.24. The number of carbonyl (C=O) groups is 2. The average molecular weight is 858 g/mol. The summed E-state index contributed by atoms with van der Waals surface area (Å²) < 4.78 is 5.94. The Labute approximate surface area is 379 Å². The first-order valence-electron chi connectivity index (χ1n) is 26.7. The predicted molar refractivity (Wildman–Crippen MR) is 264 cm³/mol. The van der Waals surface area contributed by atoms with Crippen molar-refractivity contribution in [3.8, 4) is 0 Å². The number of rotatable bonds is 48. The Hall–Kier alpha value is -1.92. The predicted octanol–water partition coefficient (Wildman–Crippen LogP) is 16.1. The number of ether oxygens (including phenoxy) is 1. The van der Waals surface area contributed by atoms with Crippen LogP contribution in [0.1, 0.15) is 278 Å². The van der Waals surface area contributed by atoms with Gasteiger partial charge in [0.05, 0.1) is 25.2 Å². The molecule has 6 nitrogen and oxygen atoms in total. The number of unbranched alkanes of at least 4 members (excludes halogenated alkanes) is 30. The van der Waals surface area contributed by atoms with E-state index in [-0.39, 0.29) is 24.9 Å². The van der Waals surface area contributed by atoms with Gasteiger partial charge in [-0.15, -0.1) is 0 Å². The van der Waals surface area contributed by atoms with Crippen LogP contribution in [0.4, 0.5) is 0 Å². The first-order chi connectivity index (χ1) is 30.0. The van der Waals surface area contributed by atoms with Crippen LogP contribution in [0.5, 0.6) is 0 Å². The molecule has 0 fully saturated rings. The standard InChI is InChI=1S/C55H103NO5/c1-4-7-10-13-16-19-21-23-25-26-27-28-29-31-33-36-39-42-45-48-55(60)61-51(46-43-40-37-35-32-30-24-22-20-17-14-11-8-5-2)49-54(59)56-52(50-57)53(58)47-44-41-38-34-18-15-12-9-6-3/h16,19,23,25,27-28,51-53,57-58H,4-15,17-18,20-22,24,26,29-50H2,1-3H3,(H,56,59)/b19-16-,25-23-,28-27-. The number of hydrogen-bond donors (Lipinski definition) is 3. The number of nitrogens with one attached hydrogen (secondary N) is 1. The highest BCUT2D eigenvalue weighted by Gasteiger charge is 2.24. The maximum atomic E-state index is 13.2. The molecule has 0 aromatic heterocycles. The molecule has 0 aliphatic carbocycles. The molecular weight excluding hydrogens is 755 g/mol. The second kappa shape index (κ2) is 49.1. The van der Waals surface area contributed by atoms with Crippen LogP contribution in [0.15, 0.2) is 36.5 Å². The van der Waals surface area contributed by atoms with Crippen molar-refractivity contribution in [3.05, 3.63) is 36.5 Å². The Balaban J connectivity index is 4.53. The van der Waals surface area contributed by atoms with Gasteiger partial charge in [-0.05, 0) is 64.2 Å². The quantitative estimate of drug-likeness (QED) is 0.0322. The van der Waals surface area contributed by atoms with E-state index in [4.69, 9.17) is 4.74 Å². The van der Waals surface area contributed by atoms with Gasteiger partial charge in [0, 0.05) is 6.42 Å². The van der Waals surface area contributed by atoms with E-state index in [1.165, 1.54) is 161 Å². The fourth-order valence-corrected chi connectivity index (χ4v) is 8.14. The van der Waals surface area contributed by atoms with Gasteiger partial charge in [-0.3, -0.25) is 9.59 Å². The maximum Gasteiger partial charge on any atom is 0.306 e. The minimum Gasteiger partial charge on any atom is -0.462 e. The van der Waals surface area contributed by atoms with Gasteiger partial charge < -0.3 is 20.3 Å². The van der Waals surface area contributed by atoms with Gasteiger partial charge in [0.1, 0.15) is 6.10 Å². The van der Waals surface area contributed by atoms with Gasteiger partial charge in [-0.25, -0.2) is 0 Å². The summed E-state index contributed by atoms with van der Waals surface area (Å²) in [5, 5.41) is 23.7. The van der Waals surface area contributed by atoms with Crippen LogP contribution in [0.25, 0.3) is 0 Å². The van der Waals surface area contributed by atoms with Crippen molar-refractivity contribution in [2.75, 3.05) is 6.61 Å². The van der Waals surface area contributed by atoms with E-state index < -0.39 is 18.2 Å². The molecule has 61 heavy (non-hydrogen) atoms. The molecule has 3 N–H and O–H groups in total. The van der Waals surface area contributed by atoms with E-state index in [1.54, 1.807) is 0 Å². The summed E-state index contributed by atoms with van der Waals surface area (Å²) in [6.45, 7) is 6.45. The van der Waals surface area contributed by atoms with Crippen molar-refractivity contribution in [1.82, 2.24) is 5.32 Å². The van der Waals surface area contributed by atoms with E-state index in [2.05, 4.69) is 62.5 Å². The Kier molecular flexibility index (Phi) is 47.6. The molecule has 0 heterocycles. The highest BCUT2D eigenvalue weighted by atomic mass is 16.5. The molecule has 3 atom stereocenters. The van der Waals surface area contributed by atoms with Crippen LogP contribution in [0.2, 0.25) is 0 Å². The second-order valence-electron chi connectivity index (χ2n) is 18.3. The van der Waals surface area contributed by atoms with Crippen LogP contribution in [0, 0.1) is 0 Å². The Morgan fingerprint density at radius 3 is 1.30 bits per heavy atom. The molecule has 6 heteroatoms. The van der Waals surface area contributed by atoms with Gasteiger partial charge in [0.25, 0.3) is 0 Å². The lowest BCUT2D eigenvalue weighted by atomic mass is 10.0. The smallest absolute Gasteiger partial charge is 0.306 e. The van der Waals surface area contributed by atoms with Crippen molar-refractivity contribution in [3.63, 3.8) is 0 Å². The summed E-state index contributed by atoms with van der Waals surface area (Å²) in [7, 11) is 0. The topological polar surface area (TPSA) is 95.9 Å².